The monoisotopic (exact) mass is 386 g/mol. The highest BCUT2D eigenvalue weighted by atomic mass is 16.5. The van der Waals surface area contributed by atoms with E-state index in [-0.39, 0.29) is 0 Å². The molecule has 1 aliphatic rings. The Morgan fingerprint density at radius 3 is 2.93 bits per heavy atom. The molecule has 146 valence electrons. The fourth-order valence-corrected chi connectivity index (χ4v) is 3.87. The molecule has 2 N–H and O–H groups in total. The normalized spacial score (nSPS) is 13.0. The van der Waals surface area contributed by atoms with Gasteiger partial charge in [0.25, 0.3) is 0 Å². The molecule has 0 atom stereocenters. The fraction of sp³-hybridized carbons (Fsp3) is 0.273. The van der Waals surface area contributed by atoms with E-state index in [1.54, 1.807) is 6.20 Å². The Balaban J connectivity index is 1.66. The Morgan fingerprint density at radius 1 is 1.14 bits per heavy atom. The first kappa shape index (κ1) is 17.8. The third kappa shape index (κ3) is 3.23. The smallest absolute Gasteiger partial charge is 0.232 e. The molecule has 1 aliphatic heterocycles. The maximum Gasteiger partial charge on any atom is 0.232 e. The molecule has 0 saturated heterocycles. The van der Waals surface area contributed by atoms with E-state index in [0.29, 0.717) is 19.0 Å². The predicted octanol–water partition coefficient (Wildman–Crippen LogP) is 3.15. The topological polar surface area (TPSA) is 91.7 Å². The summed E-state index contributed by atoms with van der Waals surface area (Å²) in [6, 6.07) is 12.2. The van der Waals surface area contributed by atoms with Crippen molar-refractivity contribution >= 4 is 11.0 Å². The molecule has 0 fully saturated rings. The van der Waals surface area contributed by atoms with Gasteiger partial charge >= 0.3 is 0 Å². The maximum absolute atomic E-state index is 5.55. The summed E-state index contributed by atoms with van der Waals surface area (Å²) >= 11 is 0. The predicted molar refractivity (Wildman–Crippen MR) is 112 cm³/mol. The van der Waals surface area contributed by atoms with Crippen molar-refractivity contribution in [3.8, 4) is 28.4 Å². The van der Waals surface area contributed by atoms with Crippen molar-refractivity contribution in [2.75, 3.05) is 13.2 Å². The third-order valence-corrected chi connectivity index (χ3v) is 5.15. The van der Waals surface area contributed by atoms with Gasteiger partial charge in [0, 0.05) is 30.0 Å². The van der Waals surface area contributed by atoms with Crippen LogP contribution in [0.15, 0.2) is 42.6 Å². The van der Waals surface area contributed by atoms with Gasteiger partial charge in [-0.05, 0) is 49.6 Å². The lowest BCUT2D eigenvalue weighted by atomic mass is 9.99. The van der Waals surface area contributed by atoms with Gasteiger partial charge in [0.1, 0.15) is 12.3 Å². The van der Waals surface area contributed by atoms with E-state index in [1.165, 1.54) is 5.69 Å². The summed E-state index contributed by atoms with van der Waals surface area (Å²) in [7, 11) is 0. The van der Waals surface area contributed by atoms with Crippen LogP contribution in [0.25, 0.3) is 33.5 Å². The minimum absolute atomic E-state index is 0.417. The van der Waals surface area contributed by atoms with Crippen molar-refractivity contribution in [1.82, 2.24) is 24.7 Å². The van der Waals surface area contributed by atoms with E-state index in [9.17, 15) is 0 Å². The van der Waals surface area contributed by atoms with Crippen LogP contribution in [0.3, 0.4) is 0 Å². The van der Waals surface area contributed by atoms with Crippen molar-refractivity contribution in [1.29, 1.82) is 0 Å². The molecule has 29 heavy (non-hydrogen) atoms. The summed E-state index contributed by atoms with van der Waals surface area (Å²) in [5.41, 5.74) is 13.4. The molecular formula is C22H22N6O. The van der Waals surface area contributed by atoms with Crippen molar-refractivity contribution in [2.24, 2.45) is 5.73 Å². The van der Waals surface area contributed by atoms with Crippen LogP contribution in [-0.2, 0) is 13.0 Å². The Bertz CT molecular complexity index is 1200. The first-order chi connectivity index (χ1) is 14.2. The van der Waals surface area contributed by atoms with Gasteiger partial charge in [-0.1, -0.05) is 12.1 Å². The van der Waals surface area contributed by atoms with Gasteiger partial charge in [0.15, 0.2) is 0 Å². The van der Waals surface area contributed by atoms with Crippen molar-refractivity contribution in [3.05, 3.63) is 54.0 Å². The second kappa shape index (κ2) is 7.25. The van der Waals surface area contributed by atoms with E-state index in [4.69, 9.17) is 20.6 Å². The van der Waals surface area contributed by atoms with Gasteiger partial charge in [0.2, 0.25) is 5.88 Å². The Labute approximate surface area is 168 Å². The van der Waals surface area contributed by atoms with Crippen LogP contribution in [0.2, 0.25) is 0 Å². The van der Waals surface area contributed by atoms with Gasteiger partial charge in [0.05, 0.1) is 22.9 Å². The summed E-state index contributed by atoms with van der Waals surface area (Å²) in [5, 5.41) is 4.90. The first-order valence-electron chi connectivity index (χ1n) is 9.87. The summed E-state index contributed by atoms with van der Waals surface area (Å²) < 4.78 is 7.67. The highest BCUT2D eigenvalue weighted by Crippen LogP contribution is 2.37. The van der Waals surface area contributed by atoms with Crippen LogP contribution in [-0.4, -0.2) is 37.9 Å². The van der Waals surface area contributed by atoms with E-state index < -0.39 is 0 Å². The molecule has 0 aliphatic carbocycles. The van der Waals surface area contributed by atoms with Crippen LogP contribution in [0.1, 0.15) is 17.8 Å². The second-order valence-corrected chi connectivity index (χ2v) is 7.21. The average Bonchev–Trinajstić information content (AvgIpc) is 3.33. The molecule has 1 aromatic carbocycles. The number of pyridine rings is 1. The lowest BCUT2D eigenvalue weighted by Crippen LogP contribution is -2.11. The Hall–Kier alpha value is -3.32. The SMILES string of the molecule is Cc1cccc(-c2nn3c(c2-c2ccc4ncc(OCCN)nc4c2)CCC3)n1. The molecule has 0 radical (unpaired) electrons. The molecule has 0 spiro atoms. The largest absolute Gasteiger partial charge is 0.475 e. The molecule has 0 amide bonds. The fourth-order valence-electron chi connectivity index (χ4n) is 3.87. The number of aromatic nitrogens is 5. The van der Waals surface area contributed by atoms with Crippen LogP contribution in [0.4, 0.5) is 0 Å². The summed E-state index contributed by atoms with van der Waals surface area (Å²) in [5.74, 6) is 0.487. The number of nitrogens with zero attached hydrogens (tertiary/aromatic N) is 5. The number of nitrogens with two attached hydrogens (primary N) is 1. The molecule has 3 aromatic heterocycles. The van der Waals surface area contributed by atoms with Gasteiger partial charge in [-0.25, -0.2) is 9.97 Å². The number of benzene rings is 1. The average molecular weight is 386 g/mol. The van der Waals surface area contributed by atoms with E-state index >= 15 is 0 Å². The minimum Gasteiger partial charge on any atom is -0.475 e. The lowest BCUT2D eigenvalue weighted by Gasteiger charge is -2.08. The minimum atomic E-state index is 0.417. The first-order valence-corrected chi connectivity index (χ1v) is 9.87. The third-order valence-electron chi connectivity index (χ3n) is 5.15. The van der Waals surface area contributed by atoms with E-state index in [0.717, 1.165) is 58.6 Å². The molecule has 0 bridgehead atoms. The number of ether oxygens (including phenoxy) is 1. The molecule has 7 heteroatoms. The van der Waals surface area contributed by atoms with Crippen molar-refractivity contribution < 1.29 is 4.74 Å². The Morgan fingerprint density at radius 2 is 2.07 bits per heavy atom. The van der Waals surface area contributed by atoms with Gasteiger partial charge < -0.3 is 10.5 Å². The highest BCUT2D eigenvalue weighted by Gasteiger charge is 2.24. The van der Waals surface area contributed by atoms with Crippen LogP contribution in [0, 0.1) is 6.92 Å². The number of aryl methyl sites for hydroxylation is 2. The summed E-state index contributed by atoms with van der Waals surface area (Å²) in [6.07, 6.45) is 3.76. The second-order valence-electron chi connectivity index (χ2n) is 7.21. The maximum atomic E-state index is 5.55. The molecule has 7 nitrogen and oxygen atoms in total. The zero-order valence-corrected chi connectivity index (χ0v) is 16.3. The number of hydrogen-bond donors (Lipinski definition) is 1. The van der Waals surface area contributed by atoms with Gasteiger partial charge in [-0.3, -0.25) is 9.67 Å². The van der Waals surface area contributed by atoms with Crippen molar-refractivity contribution in [3.63, 3.8) is 0 Å². The Kier molecular flexibility index (Phi) is 4.44. The molecule has 0 unspecified atom stereocenters. The van der Waals surface area contributed by atoms with Gasteiger partial charge in [-0.15, -0.1) is 0 Å². The number of hydrogen-bond acceptors (Lipinski definition) is 6. The highest BCUT2D eigenvalue weighted by molar-refractivity contribution is 5.87. The van der Waals surface area contributed by atoms with Crippen LogP contribution < -0.4 is 10.5 Å². The van der Waals surface area contributed by atoms with Crippen LogP contribution in [0.5, 0.6) is 5.88 Å². The number of fused-ring (bicyclic) bond motifs is 2. The summed E-state index contributed by atoms with van der Waals surface area (Å²) in [6.45, 7) is 3.80. The quantitative estimate of drug-likeness (QED) is 0.566. The standard InChI is InChI=1S/C22H22N6O/c1-14-4-2-5-17(25-14)22-21(19-6-3-10-28(19)27-22)15-7-8-16-18(12-15)26-20(13-24-16)29-11-9-23/h2,4-5,7-8,12-13H,3,6,9-11,23H2,1H3. The van der Waals surface area contributed by atoms with E-state index in [2.05, 4.69) is 26.8 Å². The zero-order chi connectivity index (χ0) is 19.8. The molecule has 5 rings (SSSR count). The van der Waals surface area contributed by atoms with Crippen molar-refractivity contribution in [2.45, 2.75) is 26.3 Å². The lowest BCUT2D eigenvalue weighted by molar-refractivity contribution is 0.315. The molecule has 0 saturated carbocycles. The van der Waals surface area contributed by atoms with Gasteiger partial charge in [-0.2, -0.15) is 5.10 Å². The molecule has 4 heterocycles. The van der Waals surface area contributed by atoms with Crippen LogP contribution >= 0.6 is 0 Å². The van der Waals surface area contributed by atoms with E-state index in [1.807, 2.05) is 31.2 Å². The molecule has 4 aromatic rings. The number of rotatable bonds is 5. The zero-order valence-electron chi connectivity index (χ0n) is 16.3. The molecular weight excluding hydrogens is 364 g/mol. The summed E-state index contributed by atoms with van der Waals surface area (Å²) in [4.78, 5) is 13.8.